The van der Waals surface area contributed by atoms with Gasteiger partial charge in [0.25, 0.3) is 0 Å². The Balaban J connectivity index is 2.08. The molecular formula is C19H31N5O2S. The van der Waals surface area contributed by atoms with E-state index in [1.807, 2.05) is 40.2 Å². The molecule has 1 N–H and O–H groups in total. The molecule has 2 aromatic rings. The van der Waals surface area contributed by atoms with Gasteiger partial charge in [0.05, 0.1) is 31.1 Å². The largest absolute Gasteiger partial charge is 0.468 e. The fourth-order valence-corrected chi connectivity index (χ4v) is 3.47. The molecule has 0 saturated heterocycles. The molecule has 7 nitrogen and oxygen atoms in total. The van der Waals surface area contributed by atoms with Gasteiger partial charge in [0.1, 0.15) is 16.9 Å². The number of hydrogen-bond donors (Lipinski definition) is 1. The number of methoxy groups -OCH3 is 1. The number of nitrogens with zero attached hydrogens (tertiary/aromatic N) is 4. The third-order valence-electron chi connectivity index (χ3n) is 4.28. The summed E-state index contributed by atoms with van der Waals surface area (Å²) in [6.45, 7) is 6.18. The summed E-state index contributed by atoms with van der Waals surface area (Å²) in [7, 11) is 7.80. The van der Waals surface area contributed by atoms with E-state index in [9.17, 15) is 0 Å². The van der Waals surface area contributed by atoms with Gasteiger partial charge in [-0.25, -0.2) is 4.98 Å². The van der Waals surface area contributed by atoms with E-state index >= 15 is 0 Å². The van der Waals surface area contributed by atoms with Gasteiger partial charge in [-0.15, -0.1) is 11.3 Å². The summed E-state index contributed by atoms with van der Waals surface area (Å²) < 4.78 is 10.9. The van der Waals surface area contributed by atoms with E-state index in [0.29, 0.717) is 13.1 Å². The lowest BCUT2D eigenvalue weighted by atomic mass is 10.2. The van der Waals surface area contributed by atoms with Crippen molar-refractivity contribution in [3.05, 3.63) is 40.2 Å². The normalized spacial score (nSPS) is 14.4. The van der Waals surface area contributed by atoms with Gasteiger partial charge in [0.2, 0.25) is 0 Å². The van der Waals surface area contributed by atoms with Crippen molar-refractivity contribution >= 4 is 17.3 Å². The summed E-state index contributed by atoms with van der Waals surface area (Å²) >= 11 is 1.63. The quantitative estimate of drug-likeness (QED) is 0.521. The SMILES string of the molecule is CCNC(=NCC(c1ccco1)N(C)C)N(C)Cc1csc(C(C)OC)n1. The first-order valence-electron chi connectivity index (χ1n) is 9.12. The van der Waals surface area contributed by atoms with E-state index in [-0.39, 0.29) is 12.1 Å². The van der Waals surface area contributed by atoms with Crippen LogP contribution in [-0.2, 0) is 11.3 Å². The number of aromatic nitrogens is 1. The lowest BCUT2D eigenvalue weighted by molar-refractivity contribution is 0.119. The minimum atomic E-state index is 0.0186. The van der Waals surface area contributed by atoms with Crippen molar-refractivity contribution in [2.45, 2.75) is 32.5 Å². The number of guanidine groups is 1. The Morgan fingerprint density at radius 2 is 2.19 bits per heavy atom. The van der Waals surface area contributed by atoms with Crippen LogP contribution in [0.15, 0.2) is 33.2 Å². The van der Waals surface area contributed by atoms with Crippen molar-refractivity contribution in [1.82, 2.24) is 20.1 Å². The molecule has 0 aliphatic heterocycles. The first kappa shape index (κ1) is 21.4. The number of nitrogens with one attached hydrogen (secondary N) is 1. The zero-order chi connectivity index (χ0) is 19.8. The van der Waals surface area contributed by atoms with E-state index in [1.165, 1.54) is 0 Å². The van der Waals surface area contributed by atoms with Crippen LogP contribution in [0.25, 0.3) is 0 Å². The van der Waals surface area contributed by atoms with Crippen LogP contribution in [0.5, 0.6) is 0 Å². The predicted octanol–water partition coefficient (Wildman–Crippen LogP) is 3.14. The second kappa shape index (κ2) is 10.4. The summed E-state index contributed by atoms with van der Waals surface area (Å²) in [5.41, 5.74) is 1.02. The van der Waals surface area contributed by atoms with Crippen LogP contribution in [0.4, 0.5) is 0 Å². The molecule has 8 heteroatoms. The Labute approximate surface area is 166 Å². The Morgan fingerprint density at radius 1 is 1.41 bits per heavy atom. The molecule has 0 amide bonds. The summed E-state index contributed by atoms with van der Waals surface area (Å²) in [6.07, 6.45) is 1.72. The van der Waals surface area contributed by atoms with Gasteiger partial charge in [0.15, 0.2) is 5.96 Å². The number of furan rings is 1. The van der Waals surface area contributed by atoms with Crippen molar-refractivity contribution < 1.29 is 9.15 Å². The fourth-order valence-electron chi connectivity index (χ4n) is 2.63. The highest BCUT2D eigenvalue weighted by molar-refractivity contribution is 7.09. The summed E-state index contributed by atoms with van der Waals surface area (Å²) in [5, 5.41) is 6.43. The van der Waals surface area contributed by atoms with E-state index in [2.05, 4.69) is 32.4 Å². The van der Waals surface area contributed by atoms with Gasteiger partial charge in [-0.2, -0.15) is 0 Å². The van der Waals surface area contributed by atoms with Crippen LogP contribution in [0.2, 0.25) is 0 Å². The molecule has 2 heterocycles. The highest BCUT2D eigenvalue weighted by atomic mass is 32.1. The van der Waals surface area contributed by atoms with Gasteiger partial charge < -0.3 is 19.4 Å². The third-order valence-corrected chi connectivity index (χ3v) is 5.33. The predicted molar refractivity (Wildman–Crippen MR) is 110 cm³/mol. The topological polar surface area (TPSA) is 66.1 Å². The zero-order valence-electron chi connectivity index (χ0n) is 17.1. The minimum Gasteiger partial charge on any atom is -0.468 e. The Kier molecular flexibility index (Phi) is 8.27. The number of thiazole rings is 1. The highest BCUT2D eigenvalue weighted by Crippen LogP contribution is 2.21. The van der Waals surface area contributed by atoms with Crippen LogP contribution in [0.1, 0.15) is 42.5 Å². The zero-order valence-corrected chi connectivity index (χ0v) is 17.9. The Morgan fingerprint density at radius 3 is 2.78 bits per heavy atom. The van der Waals surface area contributed by atoms with E-state index in [1.54, 1.807) is 24.7 Å². The molecule has 27 heavy (non-hydrogen) atoms. The van der Waals surface area contributed by atoms with Gasteiger partial charge in [-0.1, -0.05) is 0 Å². The number of hydrogen-bond acceptors (Lipinski definition) is 6. The highest BCUT2D eigenvalue weighted by Gasteiger charge is 2.18. The first-order chi connectivity index (χ1) is 13.0. The maximum Gasteiger partial charge on any atom is 0.194 e. The van der Waals surface area contributed by atoms with E-state index < -0.39 is 0 Å². The van der Waals surface area contributed by atoms with Gasteiger partial charge in [-0.05, 0) is 40.1 Å². The standard InChI is InChI=1S/C19H31N5O2S/c1-7-20-19(21-11-16(23(3)4)17-9-8-10-26-17)24(5)12-15-13-27-18(22-15)14(2)25-6/h8-10,13-14,16H,7,11-12H2,1-6H3,(H,20,21). The molecule has 2 aromatic heterocycles. The van der Waals surface area contributed by atoms with Crippen molar-refractivity contribution in [3.8, 4) is 0 Å². The second-order valence-corrected chi connectivity index (χ2v) is 7.49. The molecule has 150 valence electrons. The van der Waals surface area contributed by atoms with E-state index in [0.717, 1.165) is 29.0 Å². The van der Waals surface area contributed by atoms with Crippen LogP contribution >= 0.6 is 11.3 Å². The molecule has 0 aliphatic carbocycles. The Hall–Kier alpha value is -1.90. The second-order valence-electron chi connectivity index (χ2n) is 6.60. The van der Waals surface area contributed by atoms with Gasteiger partial charge in [0, 0.05) is 26.1 Å². The molecular weight excluding hydrogens is 362 g/mol. The smallest absolute Gasteiger partial charge is 0.194 e. The summed E-state index contributed by atoms with van der Waals surface area (Å²) in [4.78, 5) is 13.7. The van der Waals surface area contributed by atoms with Crippen LogP contribution < -0.4 is 5.32 Å². The molecule has 0 aliphatic rings. The number of likely N-dealkylation sites (N-methyl/N-ethyl adjacent to an activating group) is 1. The minimum absolute atomic E-state index is 0.0186. The lowest BCUT2D eigenvalue weighted by Gasteiger charge is -2.24. The lowest BCUT2D eigenvalue weighted by Crippen LogP contribution is -2.39. The van der Waals surface area contributed by atoms with Gasteiger partial charge in [-0.3, -0.25) is 9.89 Å². The van der Waals surface area contributed by atoms with Crippen LogP contribution in [0, 0.1) is 0 Å². The van der Waals surface area contributed by atoms with Crippen molar-refractivity contribution in [1.29, 1.82) is 0 Å². The fraction of sp³-hybridized carbons (Fsp3) is 0.579. The van der Waals surface area contributed by atoms with Crippen molar-refractivity contribution in [2.75, 3.05) is 41.3 Å². The molecule has 0 fully saturated rings. The maximum atomic E-state index is 5.58. The van der Waals surface area contributed by atoms with Crippen LogP contribution in [0.3, 0.4) is 0 Å². The summed E-state index contributed by atoms with van der Waals surface area (Å²) in [5.74, 6) is 1.77. The molecule has 0 saturated carbocycles. The number of ether oxygens (including phenoxy) is 1. The maximum absolute atomic E-state index is 5.58. The Bertz CT molecular complexity index is 699. The van der Waals surface area contributed by atoms with Crippen molar-refractivity contribution in [3.63, 3.8) is 0 Å². The molecule has 0 aromatic carbocycles. The first-order valence-corrected chi connectivity index (χ1v) is 10.0. The molecule has 0 spiro atoms. The average Bonchev–Trinajstić information content (AvgIpc) is 3.32. The molecule has 0 radical (unpaired) electrons. The molecule has 2 atom stereocenters. The monoisotopic (exact) mass is 393 g/mol. The van der Waals surface area contributed by atoms with Crippen LogP contribution in [-0.4, -0.2) is 62.1 Å². The average molecular weight is 394 g/mol. The molecule has 2 rings (SSSR count). The molecule has 0 bridgehead atoms. The number of rotatable bonds is 9. The third kappa shape index (κ3) is 6.05. The van der Waals surface area contributed by atoms with Gasteiger partial charge >= 0.3 is 0 Å². The van der Waals surface area contributed by atoms with E-state index in [4.69, 9.17) is 14.1 Å². The summed E-state index contributed by atoms with van der Waals surface area (Å²) in [6, 6.07) is 3.99. The van der Waals surface area contributed by atoms with Crippen molar-refractivity contribution in [2.24, 2.45) is 4.99 Å². The molecule has 2 unspecified atom stereocenters. The number of aliphatic imine (C=N–C) groups is 1.